The minimum Gasteiger partial charge on any atom is -0.493 e. The predicted molar refractivity (Wildman–Crippen MR) is 79.1 cm³/mol. The van der Waals surface area contributed by atoms with E-state index in [2.05, 4.69) is 0 Å². The van der Waals surface area contributed by atoms with Crippen molar-refractivity contribution in [2.75, 3.05) is 7.11 Å². The highest BCUT2D eigenvalue weighted by Gasteiger charge is 2.13. The van der Waals surface area contributed by atoms with Crippen molar-refractivity contribution in [3.63, 3.8) is 0 Å². The third-order valence-corrected chi connectivity index (χ3v) is 3.28. The van der Waals surface area contributed by atoms with Gasteiger partial charge in [-0.25, -0.2) is 4.39 Å². The molecule has 0 atom stereocenters. The van der Waals surface area contributed by atoms with Crippen molar-refractivity contribution in [3.05, 3.63) is 57.3 Å². The fourth-order valence-corrected chi connectivity index (χ4v) is 2.22. The molecule has 3 nitrogen and oxygen atoms in total. The van der Waals surface area contributed by atoms with E-state index in [1.807, 2.05) is 0 Å². The summed E-state index contributed by atoms with van der Waals surface area (Å²) in [6.45, 7) is -0.0666. The largest absolute Gasteiger partial charge is 0.493 e. The quantitative estimate of drug-likeness (QED) is 0.756. The van der Waals surface area contributed by atoms with Gasteiger partial charge in [-0.05, 0) is 30.3 Å². The van der Waals surface area contributed by atoms with Crippen molar-refractivity contribution in [2.45, 2.75) is 6.61 Å². The summed E-state index contributed by atoms with van der Waals surface area (Å²) >= 11 is 11.9. The Bertz CT molecular complexity index is 674. The minimum absolute atomic E-state index is 0.0666. The maximum atomic E-state index is 13.6. The van der Waals surface area contributed by atoms with Gasteiger partial charge in [0.25, 0.3) is 0 Å². The monoisotopic (exact) mass is 328 g/mol. The lowest BCUT2D eigenvalue weighted by Gasteiger charge is -2.13. The van der Waals surface area contributed by atoms with Crippen LogP contribution in [-0.2, 0) is 6.61 Å². The molecule has 0 amide bonds. The van der Waals surface area contributed by atoms with Gasteiger partial charge in [-0.15, -0.1) is 0 Å². The van der Waals surface area contributed by atoms with Gasteiger partial charge in [0, 0.05) is 16.1 Å². The first-order valence-corrected chi connectivity index (χ1v) is 6.70. The molecule has 0 spiro atoms. The molecule has 0 aromatic heterocycles. The molecular weight excluding hydrogens is 318 g/mol. The fourth-order valence-electron chi connectivity index (χ4n) is 1.75. The van der Waals surface area contributed by atoms with E-state index >= 15 is 0 Å². The van der Waals surface area contributed by atoms with Crippen molar-refractivity contribution < 1.29 is 18.7 Å². The molecule has 0 aliphatic rings. The van der Waals surface area contributed by atoms with Crippen molar-refractivity contribution in [1.29, 1.82) is 0 Å². The molecular formula is C15H11Cl2FO3. The molecule has 0 unspecified atom stereocenters. The number of carbonyl (C=O) groups is 1. The fraction of sp³-hybridized carbons (Fsp3) is 0.133. The third-order valence-electron chi connectivity index (χ3n) is 2.77. The average molecular weight is 329 g/mol. The van der Waals surface area contributed by atoms with Crippen LogP contribution in [-0.4, -0.2) is 13.4 Å². The molecule has 2 aromatic rings. The van der Waals surface area contributed by atoms with E-state index in [1.54, 1.807) is 0 Å². The van der Waals surface area contributed by atoms with Crippen LogP contribution in [0.1, 0.15) is 15.9 Å². The van der Waals surface area contributed by atoms with Crippen LogP contribution in [0, 0.1) is 5.82 Å². The Morgan fingerprint density at radius 1 is 1.24 bits per heavy atom. The average Bonchev–Trinajstić information content (AvgIpc) is 2.48. The molecule has 0 saturated carbocycles. The Balaban J connectivity index is 2.27. The Labute approximate surface area is 131 Å². The van der Waals surface area contributed by atoms with Crippen LogP contribution in [0.2, 0.25) is 10.0 Å². The summed E-state index contributed by atoms with van der Waals surface area (Å²) in [5, 5.41) is 0.614. The van der Waals surface area contributed by atoms with Crippen molar-refractivity contribution in [1.82, 2.24) is 0 Å². The highest BCUT2D eigenvalue weighted by molar-refractivity contribution is 6.32. The van der Waals surface area contributed by atoms with Crippen molar-refractivity contribution >= 4 is 29.5 Å². The summed E-state index contributed by atoms with van der Waals surface area (Å²) in [6.07, 6.45) is 0.648. The molecule has 0 heterocycles. The number of hydrogen-bond donors (Lipinski definition) is 0. The van der Waals surface area contributed by atoms with Gasteiger partial charge in [0.05, 0.1) is 12.1 Å². The van der Waals surface area contributed by atoms with Crippen LogP contribution in [0.5, 0.6) is 11.5 Å². The Kier molecular flexibility index (Phi) is 5.04. The molecule has 21 heavy (non-hydrogen) atoms. The topological polar surface area (TPSA) is 35.5 Å². The second-order valence-corrected chi connectivity index (χ2v) is 5.02. The first kappa shape index (κ1) is 15.6. The van der Waals surface area contributed by atoms with Crippen LogP contribution in [0.4, 0.5) is 4.39 Å². The summed E-state index contributed by atoms with van der Waals surface area (Å²) in [7, 11) is 1.42. The van der Waals surface area contributed by atoms with E-state index in [0.717, 1.165) is 0 Å². The molecule has 6 heteroatoms. The lowest BCUT2D eigenvalue weighted by Crippen LogP contribution is -2.01. The predicted octanol–water partition coefficient (Wildman–Crippen LogP) is 4.53. The van der Waals surface area contributed by atoms with E-state index in [4.69, 9.17) is 32.7 Å². The molecule has 110 valence electrons. The molecule has 0 bridgehead atoms. The van der Waals surface area contributed by atoms with Gasteiger partial charge in [-0.3, -0.25) is 4.79 Å². The van der Waals surface area contributed by atoms with Crippen molar-refractivity contribution in [3.8, 4) is 11.5 Å². The van der Waals surface area contributed by atoms with E-state index < -0.39 is 5.82 Å². The number of rotatable bonds is 5. The number of methoxy groups -OCH3 is 1. The summed E-state index contributed by atoms with van der Waals surface area (Å²) in [5.74, 6) is 0.107. The Morgan fingerprint density at radius 2 is 2.00 bits per heavy atom. The first-order valence-electron chi connectivity index (χ1n) is 5.94. The zero-order chi connectivity index (χ0) is 15.4. The number of carbonyl (C=O) groups excluding carboxylic acids is 1. The normalized spacial score (nSPS) is 10.3. The van der Waals surface area contributed by atoms with Gasteiger partial charge < -0.3 is 9.47 Å². The Hall–Kier alpha value is -1.78. The summed E-state index contributed by atoms with van der Waals surface area (Å²) < 4.78 is 24.3. The van der Waals surface area contributed by atoms with Gasteiger partial charge in [-0.2, -0.15) is 0 Å². The molecule has 0 aliphatic heterocycles. The number of halogens is 3. The highest BCUT2D eigenvalue weighted by atomic mass is 35.5. The molecule has 2 rings (SSSR count). The molecule has 2 aromatic carbocycles. The van der Waals surface area contributed by atoms with Gasteiger partial charge in [0.2, 0.25) is 0 Å². The zero-order valence-corrected chi connectivity index (χ0v) is 12.5. The van der Waals surface area contributed by atoms with Crippen LogP contribution in [0.3, 0.4) is 0 Å². The molecule has 0 aliphatic carbocycles. The van der Waals surface area contributed by atoms with Gasteiger partial charge in [0.15, 0.2) is 11.5 Å². The smallest absolute Gasteiger partial charge is 0.180 e. The highest BCUT2D eigenvalue weighted by Crippen LogP contribution is 2.36. The van der Waals surface area contributed by atoms with E-state index in [9.17, 15) is 9.18 Å². The first-order chi connectivity index (χ1) is 10.0. The molecule has 0 radical (unpaired) electrons. The molecule has 0 N–H and O–H groups in total. The van der Waals surface area contributed by atoms with Crippen LogP contribution in [0.15, 0.2) is 30.3 Å². The minimum atomic E-state index is -0.431. The van der Waals surface area contributed by atoms with Crippen LogP contribution in [0.25, 0.3) is 0 Å². The van der Waals surface area contributed by atoms with Gasteiger partial charge in [0.1, 0.15) is 18.7 Å². The standard InChI is InChI=1S/C15H11Cl2FO3/c1-20-14-5-9(7-19)4-12(17)15(14)21-8-10-6-11(16)2-3-13(10)18/h2-7H,8H2,1H3. The van der Waals surface area contributed by atoms with Gasteiger partial charge in [-0.1, -0.05) is 23.2 Å². The summed E-state index contributed by atoms with van der Waals surface area (Å²) in [4.78, 5) is 10.8. The van der Waals surface area contributed by atoms with Crippen LogP contribution >= 0.6 is 23.2 Å². The maximum absolute atomic E-state index is 13.6. The van der Waals surface area contributed by atoms with Crippen LogP contribution < -0.4 is 9.47 Å². The maximum Gasteiger partial charge on any atom is 0.180 e. The number of ether oxygens (including phenoxy) is 2. The summed E-state index contributed by atoms with van der Waals surface area (Å²) in [5.41, 5.74) is 0.651. The lowest BCUT2D eigenvalue weighted by atomic mass is 10.2. The van der Waals surface area contributed by atoms with E-state index in [-0.39, 0.29) is 17.4 Å². The lowest BCUT2D eigenvalue weighted by molar-refractivity contribution is 0.112. The van der Waals surface area contributed by atoms with Crippen molar-refractivity contribution in [2.24, 2.45) is 0 Å². The number of aldehydes is 1. The number of benzene rings is 2. The zero-order valence-electron chi connectivity index (χ0n) is 11.0. The van der Waals surface area contributed by atoms with E-state index in [0.29, 0.717) is 28.2 Å². The van der Waals surface area contributed by atoms with E-state index in [1.165, 1.54) is 37.4 Å². The SMILES string of the molecule is COc1cc(C=O)cc(Cl)c1OCc1cc(Cl)ccc1F. The van der Waals surface area contributed by atoms with Gasteiger partial charge >= 0.3 is 0 Å². The third kappa shape index (κ3) is 3.65. The summed E-state index contributed by atoms with van der Waals surface area (Å²) in [6, 6.07) is 7.11. The molecule has 0 saturated heterocycles. The number of hydrogen-bond acceptors (Lipinski definition) is 3. The second kappa shape index (κ2) is 6.78. The second-order valence-electron chi connectivity index (χ2n) is 4.18. The molecule has 0 fully saturated rings. The Morgan fingerprint density at radius 3 is 2.67 bits per heavy atom.